The first-order chi connectivity index (χ1) is 12.1. The van der Waals surface area contributed by atoms with Crippen molar-refractivity contribution < 1.29 is 13.9 Å². The number of benzene rings is 2. The van der Waals surface area contributed by atoms with Crippen LogP contribution in [-0.2, 0) is 13.2 Å². The minimum Gasteiger partial charge on any atom is -0.490 e. The first-order valence-corrected chi connectivity index (χ1v) is 9.05. The third kappa shape index (κ3) is 6.22. The van der Waals surface area contributed by atoms with Crippen molar-refractivity contribution in [1.29, 1.82) is 0 Å². The molecule has 0 bridgehead atoms. The number of halogens is 2. The van der Waals surface area contributed by atoms with Crippen molar-refractivity contribution in [2.45, 2.75) is 39.8 Å². The van der Waals surface area contributed by atoms with Gasteiger partial charge in [0.15, 0.2) is 11.5 Å². The summed E-state index contributed by atoms with van der Waals surface area (Å²) in [6, 6.07) is 9.94. The van der Waals surface area contributed by atoms with Crippen molar-refractivity contribution in [2.24, 2.45) is 0 Å². The van der Waals surface area contributed by atoms with E-state index in [0.717, 1.165) is 30.5 Å². The van der Waals surface area contributed by atoms with Gasteiger partial charge in [-0.15, -0.1) is 0 Å². The molecular weight excluding hydrogens is 341 g/mol. The molecule has 0 saturated heterocycles. The van der Waals surface area contributed by atoms with Crippen molar-refractivity contribution in [3.8, 4) is 11.5 Å². The minimum atomic E-state index is -0.262. The third-order valence-electron chi connectivity index (χ3n) is 3.74. The van der Waals surface area contributed by atoms with Crippen molar-refractivity contribution in [2.75, 3.05) is 13.2 Å². The van der Waals surface area contributed by atoms with Crippen LogP contribution in [0.25, 0.3) is 0 Å². The van der Waals surface area contributed by atoms with E-state index >= 15 is 0 Å². The molecule has 0 saturated carbocycles. The topological polar surface area (TPSA) is 30.5 Å². The standard InChI is InChI=1S/C20H25ClFNO2/c1-3-5-10-23-13-16-11-19(24-4-2)20(12-18(16)21)25-14-15-6-8-17(22)9-7-15/h6-9,11-12,23H,3-5,10,13-14H2,1-2H3. The van der Waals surface area contributed by atoms with Gasteiger partial charge in [0.25, 0.3) is 0 Å². The Morgan fingerprint density at radius 2 is 1.76 bits per heavy atom. The van der Waals surface area contributed by atoms with Gasteiger partial charge in [-0.1, -0.05) is 37.1 Å². The van der Waals surface area contributed by atoms with Crippen molar-refractivity contribution in [3.63, 3.8) is 0 Å². The summed E-state index contributed by atoms with van der Waals surface area (Å²) in [5.74, 6) is 0.997. The van der Waals surface area contributed by atoms with Crippen LogP contribution in [0.4, 0.5) is 4.39 Å². The second-order valence-electron chi connectivity index (χ2n) is 5.77. The van der Waals surface area contributed by atoms with E-state index in [1.807, 2.05) is 13.0 Å². The van der Waals surface area contributed by atoms with Gasteiger partial charge in [-0.05, 0) is 49.2 Å². The number of hydrogen-bond acceptors (Lipinski definition) is 3. The van der Waals surface area contributed by atoms with Crippen LogP contribution in [0.15, 0.2) is 36.4 Å². The van der Waals surface area contributed by atoms with Gasteiger partial charge >= 0.3 is 0 Å². The van der Waals surface area contributed by atoms with Gasteiger partial charge in [0.1, 0.15) is 12.4 Å². The van der Waals surface area contributed by atoms with Gasteiger partial charge in [-0.25, -0.2) is 4.39 Å². The zero-order valence-corrected chi connectivity index (χ0v) is 15.5. The molecular formula is C20H25ClFNO2. The molecule has 2 aromatic carbocycles. The third-order valence-corrected chi connectivity index (χ3v) is 4.09. The molecule has 2 rings (SSSR count). The molecule has 0 spiro atoms. The van der Waals surface area contributed by atoms with Crippen LogP contribution in [0.1, 0.15) is 37.8 Å². The molecule has 0 fully saturated rings. The lowest BCUT2D eigenvalue weighted by molar-refractivity contribution is 0.269. The minimum absolute atomic E-state index is 0.262. The van der Waals surface area contributed by atoms with Crippen LogP contribution in [-0.4, -0.2) is 13.2 Å². The smallest absolute Gasteiger partial charge is 0.163 e. The fourth-order valence-electron chi connectivity index (χ4n) is 2.36. The molecule has 0 aliphatic carbocycles. The van der Waals surface area contributed by atoms with Crippen LogP contribution >= 0.6 is 11.6 Å². The maximum atomic E-state index is 13.0. The van der Waals surface area contributed by atoms with E-state index < -0.39 is 0 Å². The highest BCUT2D eigenvalue weighted by Crippen LogP contribution is 2.34. The highest BCUT2D eigenvalue weighted by Gasteiger charge is 2.11. The van der Waals surface area contributed by atoms with E-state index in [4.69, 9.17) is 21.1 Å². The van der Waals surface area contributed by atoms with Gasteiger partial charge in [-0.3, -0.25) is 0 Å². The van der Waals surface area contributed by atoms with Crippen LogP contribution in [0.2, 0.25) is 5.02 Å². The van der Waals surface area contributed by atoms with Crippen molar-refractivity contribution >= 4 is 11.6 Å². The normalized spacial score (nSPS) is 10.7. The van der Waals surface area contributed by atoms with E-state index in [0.29, 0.717) is 36.3 Å². The molecule has 0 aliphatic heterocycles. The van der Waals surface area contributed by atoms with Crippen LogP contribution in [0.5, 0.6) is 11.5 Å². The molecule has 0 atom stereocenters. The molecule has 0 aliphatic rings. The predicted molar refractivity (Wildman–Crippen MR) is 100.0 cm³/mol. The average Bonchev–Trinajstić information content (AvgIpc) is 2.61. The van der Waals surface area contributed by atoms with E-state index in [1.165, 1.54) is 12.1 Å². The number of unbranched alkanes of at least 4 members (excludes halogenated alkanes) is 1. The number of ether oxygens (including phenoxy) is 2. The zero-order chi connectivity index (χ0) is 18.1. The molecule has 0 unspecified atom stereocenters. The number of hydrogen-bond donors (Lipinski definition) is 1. The van der Waals surface area contributed by atoms with E-state index in [2.05, 4.69) is 12.2 Å². The molecule has 0 heterocycles. The molecule has 0 radical (unpaired) electrons. The monoisotopic (exact) mass is 365 g/mol. The van der Waals surface area contributed by atoms with Gasteiger partial charge < -0.3 is 14.8 Å². The van der Waals surface area contributed by atoms with Crippen LogP contribution in [0, 0.1) is 5.82 Å². The molecule has 0 aromatic heterocycles. The lowest BCUT2D eigenvalue weighted by Crippen LogP contribution is -2.15. The van der Waals surface area contributed by atoms with Crippen LogP contribution < -0.4 is 14.8 Å². The first kappa shape index (κ1) is 19.5. The maximum absolute atomic E-state index is 13.0. The molecule has 136 valence electrons. The maximum Gasteiger partial charge on any atom is 0.163 e. The molecule has 0 amide bonds. The summed E-state index contributed by atoms with van der Waals surface area (Å²) < 4.78 is 24.5. The summed E-state index contributed by atoms with van der Waals surface area (Å²) in [6.07, 6.45) is 2.29. The molecule has 3 nitrogen and oxygen atoms in total. The predicted octanol–water partition coefficient (Wildman–Crippen LogP) is 5.35. The first-order valence-electron chi connectivity index (χ1n) is 8.67. The number of rotatable bonds is 10. The van der Waals surface area contributed by atoms with Gasteiger partial charge in [0.05, 0.1) is 6.61 Å². The second kappa shape index (κ2) is 10.3. The molecule has 2 aromatic rings. The van der Waals surface area contributed by atoms with Crippen molar-refractivity contribution in [1.82, 2.24) is 5.32 Å². The highest BCUT2D eigenvalue weighted by molar-refractivity contribution is 6.31. The van der Waals surface area contributed by atoms with Crippen molar-refractivity contribution in [3.05, 3.63) is 58.4 Å². The summed E-state index contributed by atoms with van der Waals surface area (Å²) in [7, 11) is 0. The second-order valence-corrected chi connectivity index (χ2v) is 6.18. The van der Waals surface area contributed by atoms with Gasteiger partial charge in [0, 0.05) is 17.6 Å². The molecule has 5 heteroatoms. The van der Waals surface area contributed by atoms with Gasteiger partial charge in [-0.2, -0.15) is 0 Å². The summed E-state index contributed by atoms with van der Waals surface area (Å²) in [5, 5.41) is 4.02. The van der Waals surface area contributed by atoms with E-state index in [9.17, 15) is 4.39 Å². The zero-order valence-electron chi connectivity index (χ0n) is 14.8. The lowest BCUT2D eigenvalue weighted by Gasteiger charge is -2.15. The Labute approximate surface area is 154 Å². The van der Waals surface area contributed by atoms with Crippen LogP contribution in [0.3, 0.4) is 0 Å². The Morgan fingerprint density at radius 1 is 1.04 bits per heavy atom. The SMILES string of the molecule is CCCCNCc1cc(OCC)c(OCc2ccc(F)cc2)cc1Cl. The Balaban J connectivity index is 2.07. The van der Waals surface area contributed by atoms with Gasteiger partial charge in [0.2, 0.25) is 0 Å². The quantitative estimate of drug-likeness (QED) is 0.576. The average molecular weight is 366 g/mol. The highest BCUT2D eigenvalue weighted by atomic mass is 35.5. The largest absolute Gasteiger partial charge is 0.490 e. The Kier molecular flexibility index (Phi) is 8.02. The fraction of sp³-hybridized carbons (Fsp3) is 0.400. The summed E-state index contributed by atoms with van der Waals surface area (Å²) >= 11 is 6.39. The Morgan fingerprint density at radius 3 is 2.44 bits per heavy atom. The fourth-order valence-corrected chi connectivity index (χ4v) is 2.58. The number of nitrogens with one attached hydrogen (secondary N) is 1. The Hall–Kier alpha value is -1.78. The molecule has 1 N–H and O–H groups in total. The Bertz CT molecular complexity index is 661. The summed E-state index contributed by atoms with van der Waals surface area (Å²) in [4.78, 5) is 0. The summed E-state index contributed by atoms with van der Waals surface area (Å²) in [5.41, 5.74) is 1.86. The van der Waals surface area contributed by atoms with E-state index in [-0.39, 0.29) is 5.82 Å². The van der Waals surface area contributed by atoms with E-state index in [1.54, 1.807) is 18.2 Å². The molecule has 25 heavy (non-hydrogen) atoms. The lowest BCUT2D eigenvalue weighted by atomic mass is 10.2. The summed E-state index contributed by atoms with van der Waals surface area (Å²) in [6.45, 7) is 6.60.